The molecule has 7 nitrogen and oxygen atoms in total. The largest absolute Gasteiger partial charge is 0.441 e. The van der Waals surface area contributed by atoms with Crippen molar-refractivity contribution in [3.63, 3.8) is 0 Å². The van der Waals surface area contributed by atoms with Crippen LogP contribution in [0, 0.1) is 5.82 Å². The number of hydrogen-bond donors (Lipinski definition) is 0. The highest BCUT2D eigenvalue weighted by molar-refractivity contribution is 7.89. The molecule has 0 saturated heterocycles. The summed E-state index contributed by atoms with van der Waals surface area (Å²) in [4.78, 5) is 19.2. The van der Waals surface area contributed by atoms with Crippen LogP contribution < -0.4 is 4.90 Å². The van der Waals surface area contributed by atoms with Crippen LogP contribution in [-0.4, -0.2) is 43.2 Å². The highest BCUT2D eigenvalue weighted by atomic mass is 32.2. The molecule has 0 saturated carbocycles. The Bertz CT molecular complexity index is 1280. The third kappa shape index (κ3) is 4.76. The van der Waals surface area contributed by atoms with Crippen LogP contribution in [0.5, 0.6) is 0 Å². The molecule has 4 rings (SSSR count). The van der Waals surface area contributed by atoms with Gasteiger partial charge in [-0.1, -0.05) is 26.0 Å². The zero-order valence-corrected chi connectivity index (χ0v) is 20.1. The first-order valence-electron chi connectivity index (χ1n) is 11.5. The molecule has 1 aromatic heterocycles. The maximum Gasteiger partial charge on any atom is 0.243 e. The van der Waals surface area contributed by atoms with Crippen LogP contribution in [0.1, 0.15) is 38.1 Å². The van der Waals surface area contributed by atoms with E-state index < -0.39 is 15.8 Å². The third-order valence-corrected chi connectivity index (χ3v) is 8.11. The van der Waals surface area contributed by atoms with E-state index in [-0.39, 0.29) is 23.6 Å². The van der Waals surface area contributed by atoms with Crippen molar-refractivity contribution in [2.75, 3.05) is 24.5 Å². The monoisotopic (exact) mass is 485 g/mol. The molecule has 34 heavy (non-hydrogen) atoms. The zero-order valence-electron chi connectivity index (χ0n) is 19.3. The summed E-state index contributed by atoms with van der Waals surface area (Å²) in [5, 5.41) is 0. The minimum absolute atomic E-state index is 0.0917. The van der Waals surface area contributed by atoms with Crippen LogP contribution in [-0.2, 0) is 27.7 Å². The topological polar surface area (TPSA) is 83.7 Å². The molecule has 0 bridgehead atoms. The Labute approximate surface area is 199 Å². The van der Waals surface area contributed by atoms with Gasteiger partial charge in [0.05, 0.1) is 16.7 Å². The average molecular weight is 486 g/mol. The third-order valence-electron chi connectivity index (χ3n) is 6.06. The number of carbonyl (C=O) groups excluding carboxylic acids is 1. The van der Waals surface area contributed by atoms with Crippen molar-refractivity contribution in [2.45, 2.75) is 44.4 Å². The van der Waals surface area contributed by atoms with Crippen LogP contribution in [0.3, 0.4) is 0 Å². The minimum atomic E-state index is -3.56. The van der Waals surface area contributed by atoms with Crippen LogP contribution in [0.4, 0.5) is 10.1 Å². The van der Waals surface area contributed by atoms with Crippen LogP contribution in [0.2, 0.25) is 0 Å². The molecular formula is C25H28FN3O4S. The normalized spacial score (nSPS) is 13.8. The van der Waals surface area contributed by atoms with Crippen molar-refractivity contribution >= 4 is 21.6 Å². The number of carbonyl (C=O) groups is 1. The number of rotatable bonds is 8. The lowest BCUT2D eigenvalue weighted by Crippen LogP contribution is -2.36. The number of aromatic nitrogens is 1. The van der Waals surface area contributed by atoms with Gasteiger partial charge in [-0.05, 0) is 48.7 Å². The maximum atomic E-state index is 14.0. The van der Waals surface area contributed by atoms with E-state index in [0.29, 0.717) is 43.3 Å². The molecule has 1 amide bonds. The summed E-state index contributed by atoms with van der Waals surface area (Å²) in [5.41, 5.74) is 1.92. The second kappa shape index (κ2) is 10.1. The summed E-state index contributed by atoms with van der Waals surface area (Å²) in [6.45, 7) is 5.00. The van der Waals surface area contributed by atoms with Gasteiger partial charge >= 0.3 is 0 Å². The van der Waals surface area contributed by atoms with Gasteiger partial charge in [-0.15, -0.1) is 0 Å². The lowest BCUT2D eigenvalue weighted by Gasteiger charge is -2.30. The zero-order chi connectivity index (χ0) is 24.3. The fourth-order valence-electron chi connectivity index (χ4n) is 4.27. The van der Waals surface area contributed by atoms with Gasteiger partial charge in [0.25, 0.3) is 0 Å². The van der Waals surface area contributed by atoms with E-state index in [2.05, 4.69) is 4.98 Å². The Hall–Kier alpha value is -3.04. The van der Waals surface area contributed by atoms with E-state index in [9.17, 15) is 17.6 Å². The van der Waals surface area contributed by atoms with Crippen molar-refractivity contribution in [3.8, 4) is 11.3 Å². The number of aryl methyl sites for hydroxylation is 2. The van der Waals surface area contributed by atoms with Gasteiger partial charge in [-0.25, -0.2) is 17.8 Å². The maximum absolute atomic E-state index is 14.0. The average Bonchev–Trinajstić information content (AvgIpc) is 3.31. The summed E-state index contributed by atoms with van der Waals surface area (Å²) >= 11 is 0. The van der Waals surface area contributed by atoms with Crippen molar-refractivity contribution < 1.29 is 22.0 Å². The lowest BCUT2D eigenvalue weighted by molar-refractivity contribution is -0.118. The summed E-state index contributed by atoms with van der Waals surface area (Å²) in [7, 11) is -3.56. The molecule has 1 aliphatic rings. The van der Waals surface area contributed by atoms with Gasteiger partial charge in [0.15, 0.2) is 11.7 Å². The Balaban J connectivity index is 1.47. The van der Waals surface area contributed by atoms with Gasteiger partial charge in [-0.3, -0.25) is 4.79 Å². The van der Waals surface area contributed by atoms with Crippen molar-refractivity contribution in [1.82, 2.24) is 9.29 Å². The number of nitrogens with zero attached hydrogens (tertiary/aromatic N) is 3. The molecule has 3 aromatic rings. The highest BCUT2D eigenvalue weighted by Gasteiger charge is 2.27. The Kier molecular flexibility index (Phi) is 7.13. The molecule has 0 fully saturated rings. The Morgan fingerprint density at radius 1 is 1.18 bits per heavy atom. The highest BCUT2D eigenvalue weighted by Crippen LogP contribution is 2.31. The van der Waals surface area contributed by atoms with Crippen LogP contribution >= 0.6 is 0 Å². The molecule has 2 heterocycles. The summed E-state index contributed by atoms with van der Waals surface area (Å²) < 4.78 is 46.8. The predicted octanol–water partition coefficient (Wildman–Crippen LogP) is 4.42. The lowest BCUT2D eigenvalue weighted by atomic mass is 10.0. The van der Waals surface area contributed by atoms with E-state index in [1.165, 1.54) is 16.6 Å². The number of halogens is 1. The summed E-state index contributed by atoms with van der Waals surface area (Å²) in [6, 6.07) is 11.3. The number of amides is 1. The fraction of sp³-hybridized carbons (Fsp3) is 0.360. The van der Waals surface area contributed by atoms with Crippen molar-refractivity contribution in [3.05, 3.63) is 65.9 Å². The molecule has 0 unspecified atom stereocenters. The van der Waals surface area contributed by atoms with Crippen molar-refractivity contribution in [1.29, 1.82) is 0 Å². The molecule has 0 aliphatic carbocycles. The predicted molar refractivity (Wildman–Crippen MR) is 127 cm³/mol. The number of anilines is 1. The number of hydrogen-bond acceptors (Lipinski definition) is 5. The molecule has 2 aromatic carbocycles. The molecular weight excluding hydrogens is 457 g/mol. The molecule has 0 radical (unpaired) electrons. The molecule has 180 valence electrons. The van der Waals surface area contributed by atoms with Gasteiger partial charge < -0.3 is 9.32 Å². The first-order chi connectivity index (χ1) is 16.3. The molecule has 9 heteroatoms. The second-order valence-corrected chi connectivity index (χ2v) is 10.1. The quantitative estimate of drug-likeness (QED) is 0.472. The van der Waals surface area contributed by atoms with Crippen LogP contribution in [0.25, 0.3) is 11.3 Å². The molecule has 0 atom stereocenters. The fourth-order valence-corrected chi connectivity index (χ4v) is 5.77. The van der Waals surface area contributed by atoms with Gasteiger partial charge in [-0.2, -0.15) is 4.31 Å². The molecule has 0 spiro atoms. The summed E-state index contributed by atoms with van der Waals surface area (Å²) in [6.07, 6.45) is 3.40. The molecule has 0 N–H and O–H groups in total. The van der Waals surface area contributed by atoms with Gasteiger partial charge in [0, 0.05) is 38.2 Å². The standard InChI is InChI=1S/C25H28FN3O4S/c1-3-28(4-2)34(31,32)19-11-12-22-18(16-19)8-7-15-29(22)25(30)14-13-24-27-17-23(33-24)20-9-5-6-10-21(20)26/h5-6,9-12,16-17H,3-4,7-8,13-15H2,1-2H3. The van der Waals surface area contributed by atoms with E-state index in [1.807, 2.05) is 13.8 Å². The molecule has 1 aliphatic heterocycles. The van der Waals surface area contributed by atoms with E-state index in [1.54, 1.807) is 41.3 Å². The Morgan fingerprint density at radius 2 is 1.94 bits per heavy atom. The second-order valence-electron chi connectivity index (χ2n) is 8.13. The van der Waals surface area contributed by atoms with E-state index in [0.717, 1.165) is 17.7 Å². The number of benzene rings is 2. The van der Waals surface area contributed by atoms with Gasteiger partial charge in [0.1, 0.15) is 5.82 Å². The SMILES string of the molecule is CCN(CC)S(=O)(=O)c1ccc2c(c1)CCCN2C(=O)CCc1ncc(-c2ccccc2F)o1. The first-order valence-corrected chi connectivity index (χ1v) is 12.9. The van der Waals surface area contributed by atoms with E-state index in [4.69, 9.17) is 4.42 Å². The first kappa shape index (κ1) is 24.1. The summed E-state index contributed by atoms with van der Waals surface area (Å²) in [5.74, 6) is 0.204. The number of oxazole rings is 1. The van der Waals surface area contributed by atoms with E-state index >= 15 is 0 Å². The van der Waals surface area contributed by atoms with Crippen LogP contribution in [0.15, 0.2) is 58.0 Å². The van der Waals surface area contributed by atoms with Gasteiger partial charge in [0.2, 0.25) is 15.9 Å². The minimum Gasteiger partial charge on any atom is -0.441 e. The van der Waals surface area contributed by atoms with Crippen molar-refractivity contribution in [2.24, 2.45) is 0 Å². The Morgan fingerprint density at radius 3 is 2.68 bits per heavy atom. The number of sulfonamides is 1. The number of fused-ring (bicyclic) bond motifs is 1. The smallest absolute Gasteiger partial charge is 0.243 e.